The Morgan fingerprint density at radius 1 is 1.25 bits per heavy atom. The number of hydrogen-bond acceptors (Lipinski definition) is 2. The molecule has 0 bridgehead atoms. The van der Waals surface area contributed by atoms with Crippen LogP contribution in [0.3, 0.4) is 0 Å². The molecule has 3 unspecified atom stereocenters. The molecule has 0 aromatic carbocycles. The Labute approximate surface area is 101 Å². The Morgan fingerprint density at radius 2 is 2.12 bits per heavy atom. The third kappa shape index (κ3) is 2.98. The molecule has 2 aliphatic heterocycles. The van der Waals surface area contributed by atoms with Crippen molar-refractivity contribution in [3.05, 3.63) is 0 Å². The molecule has 1 N–H and O–H groups in total. The van der Waals surface area contributed by atoms with E-state index in [2.05, 4.69) is 24.1 Å². The Balaban J connectivity index is 1.79. The molecule has 0 aromatic rings. The Morgan fingerprint density at radius 3 is 2.81 bits per heavy atom. The molecule has 2 rings (SSSR count). The molecule has 3 atom stereocenters. The van der Waals surface area contributed by atoms with Gasteiger partial charge in [0.1, 0.15) is 0 Å². The Bertz CT molecular complexity index is 199. The lowest BCUT2D eigenvalue weighted by Gasteiger charge is -2.34. The summed E-state index contributed by atoms with van der Waals surface area (Å²) < 4.78 is 0. The van der Waals surface area contributed by atoms with Gasteiger partial charge in [-0.2, -0.15) is 0 Å². The third-order valence-electron chi connectivity index (χ3n) is 4.50. The molecule has 0 saturated carbocycles. The molecule has 2 heterocycles. The van der Waals surface area contributed by atoms with Crippen molar-refractivity contribution in [3.63, 3.8) is 0 Å². The van der Waals surface area contributed by atoms with E-state index in [9.17, 15) is 0 Å². The standard InChI is InChI=1S/C14H28N2/c1-3-14-8-6-10-16(14)12(2)11-13-7-4-5-9-15-13/h12-15H,3-11H2,1-2H3. The van der Waals surface area contributed by atoms with E-state index in [1.165, 1.54) is 58.0 Å². The highest BCUT2D eigenvalue weighted by molar-refractivity contribution is 4.85. The maximum absolute atomic E-state index is 3.68. The third-order valence-corrected chi connectivity index (χ3v) is 4.50. The van der Waals surface area contributed by atoms with Gasteiger partial charge in [-0.1, -0.05) is 13.3 Å². The first-order valence-electron chi connectivity index (χ1n) is 7.30. The van der Waals surface area contributed by atoms with Gasteiger partial charge < -0.3 is 5.32 Å². The molecule has 0 aliphatic carbocycles. The monoisotopic (exact) mass is 224 g/mol. The van der Waals surface area contributed by atoms with Crippen molar-refractivity contribution in [1.82, 2.24) is 10.2 Å². The number of nitrogens with one attached hydrogen (secondary N) is 1. The van der Waals surface area contributed by atoms with E-state index in [0.717, 1.165) is 18.1 Å². The van der Waals surface area contributed by atoms with Gasteiger partial charge in [0.15, 0.2) is 0 Å². The van der Waals surface area contributed by atoms with Crippen LogP contribution in [0.1, 0.15) is 58.8 Å². The lowest BCUT2D eigenvalue weighted by Crippen LogP contribution is -2.43. The van der Waals surface area contributed by atoms with Crippen molar-refractivity contribution in [2.24, 2.45) is 0 Å². The summed E-state index contributed by atoms with van der Waals surface area (Å²) in [6.45, 7) is 7.36. The normalized spacial score (nSPS) is 34.1. The smallest absolute Gasteiger partial charge is 0.00959 e. The zero-order valence-corrected chi connectivity index (χ0v) is 11.0. The zero-order chi connectivity index (χ0) is 11.4. The maximum atomic E-state index is 3.68. The molecular formula is C14H28N2. The number of rotatable bonds is 4. The van der Waals surface area contributed by atoms with Crippen molar-refractivity contribution in [2.45, 2.75) is 76.9 Å². The van der Waals surface area contributed by atoms with E-state index >= 15 is 0 Å². The fraction of sp³-hybridized carbons (Fsp3) is 1.00. The maximum Gasteiger partial charge on any atom is 0.00959 e. The molecule has 0 amide bonds. The molecule has 0 aromatic heterocycles. The van der Waals surface area contributed by atoms with E-state index in [4.69, 9.17) is 0 Å². The Kier molecular flexibility index (Phi) is 4.66. The highest BCUT2D eigenvalue weighted by Crippen LogP contribution is 2.25. The molecule has 2 nitrogen and oxygen atoms in total. The first kappa shape index (κ1) is 12.4. The largest absolute Gasteiger partial charge is 0.314 e. The van der Waals surface area contributed by atoms with Gasteiger partial charge in [0, 0.05) is 18.1 Å². The van der Waals surface area contributed by atoms with Gasteiger partial charge in [-0.05, 0) is 58.5 Å². The molecule has 2 heteroatoms. The van der Waals surface area contributed by atoms with Crippen LogP contribution in [-0.2, 0) is 0 Å². The number of hydrogen-bond donors (Lipinski definition) is 1. The lowest BCUT2D eigenvalue weighted by atomic mass is 9.97. The highest BCUT2D eigenvalue weighted by atomic mass is 15.2. The van der Waals surface area contributed by atoms with Gasteiger partial charge in [-0.25, -0.2) is 0 Å². The highest BCUT2D eigenvalue weighted by Gasteiger charge is 2.28. The van der Waals surface area contributed by atoms with E-state index in [0.29, 0.717) is 0 Å². The summed E-state index contributed by atoms with van der Waals surface area (Å²) in [6, 6.07) is 2.45. The number of nitrogens with zero attached hydrogens (tertiary/aromatic N) is 1. The second kappa shape index (κ2) is 6.02. The molecule has 94 valence electrons. The minimum Gasteiger partial charge on any atom is -0.314 e. The fourth-order valence-corrected chi connectivity index (χ4v) is 3.55. The molecular weight excluding hydrogens is 196 g/mol. The van der Waals surface area contributed by atoms with Crippen LogP contribution in [0.15, 0.2) is 0 Å². The van der Waals surface area contributed by atoms with Crippen molar-refractivity contribution < 1.29 is 0 Å². The van der Waals surface area contributed by atoms with Gasteiger partial charge in [0.2, 0.25) is 0 Å². The van der Waals surface area contributed by atoms with Crippen LogP contribution >= 0.6 is 0 Å². The summed E-state index contributed by atoms with van der Waals surface area (Å²) in [4.78, 5) is 2.76. The van der Waals surface area contributed by atoms with Gasteiger partial charge in [0.05, 0.1) is 0 Å². The number of likely N-dealkylation sites (tertiary alicyclic amines) is 1. The number of piperidine rings is 1. The van der Waals surface area contributed by atoms with Gasteiger partial charge in [-0.3, -0.25) is 4.90 Å². The van der Waals surface area contributed by atoms with Crippen LogP contribution in [0.4, 0.5) is 0 Å². The average Bonchev–Trinajstić information content (AvgIpc) is 2.78. The minimum absolute atomic E-state index is 0.781. The van der Waals surface area contributed by atoms with E-state index < -0.39 is 0 Å². The van der Waals surface area contributed by atoms with Crippen molar-refractivity contribution >= 4 is 0 Å². The first-order valence-corrected chi connectivity index (χ1v) is 7.30. The summed E-state index contributed by atoms with van der Waals surface area (Å²) in [7, 11) is 0. The second-order valence-electron chi connectivity index (χ2n) is 5.67. The first-order chi connectivity index (χ1) is 7.81. The molecule has 16 heavy (non-hydrogen) atoms. The van der Waals surface area contributed by atoms with E-state index in [1.54, 1.807) is 0 Å². The fourth-order valence-electron chi connectivity index (χ4n) is 3.55. The summed E-state index contributed by atoms with van der Waals surface area (Å²) >= 11 is 0. The van der Waals surface area contributed by atoms with Crippen LogP contribution in [0.2, 0.25) is 0 Å². The molecule has 0 spiro atoms. The van der Waals surface area contributed by atoms with Crippen LogP contribution in [0.25, 0.3) is 0 Å². The SMILES string of the molecule is CCC1CCCN1C(C)CC1CCCCN1. The predicted molar refractivity (Wildman–Crippen MR) is 69.7 cm³/mol. The summed E-state index contributed by atoms with van der Waals surface area (Å²) in [5.74, 6) is 0. The second-order valence-corrected chi connectivity index (χ2v) is 5.67. The molecule has 2 fully saturated rings. The van der Waals surface area contributed by atoms with Crippen molar-refractivity contribution in [2.75, 3.05) is 13.1 Å². The van der Waals surface area contributed by atoms with Crippen LogP contribution in [0.5, 0.6) is 0 Å². The summed E-state index contributed by atoms with van der Waals surface area (Å²) in [5, 5.41) is 3.68. The van der Waals surface area contributed by atoms with E-state index in [-0.39, 0.29) is 0 Å². The quantitative estimate of drug-likeness (QED) is 0.790. The van der Waals surface area contributed by atoms with Crippen LogP contribution < -0.4 is 5.32 Å². The zero-order valence-electron chi connectivity index (χ0n) is 11.0. The predicted octanol–water partition coefficient (Wildman–Crippen LogP) is 2.78. The minimum atomic E-state index is 0.781. The van der Waals surface area contributed by atoms with Crippen molar-refractivity contribution in [1.29, 1.82) is 0 Å². The van der Waals surface area contributed by atoms with Crippen LogP contribution in [-0.4, -0.2) is 36.1 Å². The van der Waals surface area contributed by atoms with Crippen molar-refractivity contribution in [3.8, 4) is 0 Å². The molecule has 2 saturated heterocycles. The van der Waals surface area contributed by atoms with Gasteiger partial charge in [0.25, 0.3) is 0 Å². The molecule has 0 radical (unpaired) electrons. The van der Waals surface area contributed by atoms with Gasteiger partial charge >= 0.3 is 0 Å². The summed E-state index contributed by atoms with van der Waals surface area (Å²) in [5.41, 5.74) is 0. The summed E-state index contributed by atoms with van der Waals surface area (Å²) in [6.07, 6.45) is 9.75. The lowest BCUT2D eigenvalue weighted by molar-refractivity contribution is 0.162. The Hall–Kier alpha value is -0.0800. The molecule has 2 aliphatic rings. The van der Waals surface area contributed by atoms with Crippen LogP contribution in [0, 0.1) is 0 Å². The van der Waals surface area contributed by atoms with Gasteiger partial charge in [-0.15, -0.1) is 0 Å². The topological polar surface area (TPSA) is 15.3 Å². The van der Waals surface area contributed by atoms with E-state index in [1.807, 2.05) is 0 Å². The average molecular weight is 224 g/mol.